The van der Waals surface area contributed by atoms with Crippen LogP contribution in [0.3, 0.4) is 0 Å². The van der Waals surface area contributed by atoms with Gasteiger partial charge in [-0.3, -0.25) is 10.1 Å². The first-order valence-corrected chi connectivity index (χ1v) is 6.48. The Morgan fingerprint density at radius 3 is 2.53 bits per heavy atom. The van der Waals surface area contributed by atoms with Crippen LogP contribution in [-0.4, -0.2) is 4.92 Å². The van der Waals surface area contributed by atoms with E-state index < -0.39 is 4.92 Å². The molecule has 0 saturated heterocycles. The number of aryl methyl sites for hydroxylation is 1. The van der Waals surface area contributed by atoms with Crippen LogP contribution in [0.4, 0.5) is 5.69 Å². The number of nitro groups is 1. The molecule has 0 heterocycles. The number of hydrogen-bond acceptors (Lipinski definition) is 3. The molecule has 0 bridgehead atoms. The lowest BCUT2D eigenvalue weighted by molar-refractivity contribution is -0.386. The van der Waals surface area contributed by atoms with Crippen molar-refractivity contribution in [3.05, 3.63) is 68.2 Å². The van der Waals surface area contributed by atoms with Gasteiger partial charge in [-0.1, -0.05) is 45.8 Å². The fourth-order valence-electron chi connectivity index (χ4n) is 1.60. The summed E-state index contributed by atoms with van der Waals surface area (Å²) < 4.78 is 6.17. The van der Waals surface area contributed by atoms with Crippen LogP contribution in [0.5, 0.6) is 5.75 Å². The van der Waals surface area contributed by atoms with Crippen molar-refractivity contribution in [2.45, 2.75) is 13.5 Å². The maximum atomic E-state index is 10.9. The Morgan fingerprint density at radius 2 is 1.89 bits per heavy atom. The van der Waals surface area contributed by atoms with E-state index in [0.29, 0.717) is 11.1 Å². The van der Waals surface area contributed by atoms with Gasteiger partial charge in [-0.25, -0.2) is 0 Å². The summed E-state index contributed by atoms with van der Waals surface area (Å²) in [5.74, 6) is 0.272. The highest BCUT2D eigenvalue weighted by Gasteiger charge is 2.15. The third-order valence-corrected chi connectivity index (χ3v) is 3.13. The molecule has 0 N–H and O–H groups in total. The molecular formula is C14H12BrNO3. The van der Waals surface area contributed by atoms with Crippen LogP contribution in [0.15, 0.2) is 46.9 Å². The number of rotatable bonds is 4. The first kappa shape index (κ1) is 13.5. The Bertz CT molecular complexity index is 596. The molecule has 19 heavy (non-hydrogen) atoms. The fraction of sp³-hybridized carbons (Fsp3) is 0.143. The summed E-state index contributed by atoms with van der Waals surface area (Å²) in [4.78, 5) is 10.5. The molecule has 0 atom stereocenters. The molecule has 0 fully saturated rings. The summed E-state index contributed by atoms with van der Waals surface area (Å²) in [5.41, 5.74) is 2.10. The molecule has 98 valence electrons. The van der Waals surface area contributed by atoms with Crippen LogP contribution in [0.25, 0.3) is 0 Å². The zero-order valence-electron chi connectivity index (χ0n) is 10.3. The molecule has 0 aromatic heterocycles. The number of benzene rings is 2. The summed E-state index contributed by atoms with van der Waals surface area (Å²) in [6.07, 6.45) is 0. The van der Waals surface area contributed by atoms with Crippen molar-refractivity contribution in [3.8, 4) is 5.75 Å². The molecule has 2 rings (SSSR count). The van der Waals surface area contributed by atoms with Crippen LogP contribution in [0.2, 0.25) is 0 Å². The van der Waals surface area contributed by atoms with Crippen LogP contribution < -0.4 is 4.74 Å². The normalized spacial score (nSPS) is 10.2. The molecule has 0 aliphatic carbocycles. The zero-order valence-corrected chi connectivity index (χ0v) is 11.9. The Morgan fingerprint density at radius 1 is 1.21 bits per heavy atom. The van der Waals surface area contributed by atoms with Gasteiger partial charge in [-0.05, 0) is 24.6 Å². The molecule has 2 aromatic rings. The van der Waals surface area contributed by atoms with Crippen LogP contribution in [0, 0.1) is 17.0 Å². The largest absolute Gasteiger partial charge is 0.482 e. The number of nitrogens with zero attached hydrogens (tertiary/aromatic N) is 1. The number of ether oxygens (including phenoxy) is 1. The van der Waals surface area contributed by atoms with E-state index in [2.05, 4.69) is 15.9 Å². The molecule has 2 aromatic carbocycles. The Labute approximate surface area is 119 Å². The minimum absolute atomic E-state index is 0.0403. The molecule has 0 saturated carbocycles. The van der Waals surface area contributed by atoms with Crippen molar-refractivity contribution in [1.82, 2.24) is 0 Å². The van der Waals surface area contributed by atoms with E-state index in [1.54, 1.807) is 12.1 Å². The standard InChI is InChI=1S/C14H12BrNO3/c1-10-2-4-11(5-3-10)9-19-14-7-6-12(15)8-13(14)16(17)18/h2-8H,9H2,1H3. The Hall–Kier alpha value is -1.88. The summed E-state index contributed by atoms with van der Waals surface area (Å²) in [5, 5.41) is 10.9. The van der Waals surface area contributed by atoms with E-state index in [-0.39, 0.29) is 11.4 Å². The summed E-state index contributed by atoms with van der Waals surface area (Å²) in [6, 6.07) is 12.6. The molecule has 0 aliphatic heterocycles. The summed E-state index contributed by atoms with van der Waals surface area (Å²) >= 11 is 3.21. The van der Waals surface area contributed by atoms with Crippen molar-refractivity contribution >= 4 is 21.6 Å². The lowest BCUT2D eigenvalue weighted by Crippen LogP contribution is -1.99. The zero-order chi connectivity index (χ0) is 13.8. The van der Waals surface area contributed by atoms with E-state index in [4.69, 9.17) is 4.74 Å². The third kappa shape index (κ3) is 3.54. The quantitative estimate of drug-likeness (QED) is 0.625. The molecule has 0 unspecified atom stereocenters. The number of halogens is 1. The smallest absolute Gasteiger partial charge is 0.312 e. The first-order chi connectivity index (χ1) is 9.06. The molecule has 4 nitrogen and oxygen atoms in total. The monoisotopic (exact) mass is 321 g/mol. The van der Waals surface area contributed by atoms with E-state index in [1.807, 2.05) is 31.2 Å². The maximum absolute atomic E-state index is 10.9. The van der Waals surface area contributed by atoms with Crippen molar-refractivity contribution in [3.63, 3.8) is 0 Å². The van der Waals surface area contributed by atoms with Crippen molar-refractivity contribution in [1.29, 1.82) is 0 Å². The highest BCUT2D eigenvalue weighted by Crippen LogP contribution is 2.30. The predicted molar refractivity (Wildman–Crippen MR) is 76.3 cm³/mol. The second-order valence-electron chi connectivity index (χ2n) is 4.14. The SMILES string of the molecule is Cc1ccc(COc2ccc(Br)cc2[N+](=O)[O-])cc1. The predicted octanol–water partition coefficient (Wildman–Crippen LogP) is 4.24. The average Bonchev–Trinajstić information content (AvgIpc) is 2.39. The fourth-order valence-corrected chi connectivity index (χ4v) is 1.95. The Balaban J connectivity index is 2.15. The maximum Gasteiger partial charge on any atom is 0.312 e. The lowest BCUT2D eigenvalue weighted by atomic mass is 10.2. The van der Waals surface area contributed by atoms with Crippen molar-refractivity contribution in [2.24, 2.45) is 0 Å². The van der Waals surface area contributed by atoms with E-state index >= 15 is 0 Å². The van der Waals surface area contributed by atoms with Gasteiger partial charge >= 0.3 is 5.69 Å². The highest BCUT2D eigenvalue weighted by atomic mass is 79.9. The van der Waals surface area contributed by atoms with Crippen molar-refractivity contribution < 1.29 is 9.66 Å². The molecule has 0 spiro atoms. The van der Waals surface area contributed by atoms with Crippen LogP contribution in [0.1, 0.15) is 11.1 Å². The van der Waals surface area contributed by atoms with E-state index in [9.17, 15) is 10.1 Å². The summed E-state index contributed by atoms with van der Waals surface area (Å²) in [6.45, 7) is 2.31. The topological polar surface area (TPSA) is 52.4 Å². The number of nitro benzene ring substituents is 1. The molecule has 0 radical (unpaired) electrons. The molecule has 5 heteroatoms. The van der Waals surface area contributed by atoms with Gasteiger partial charge in [0.15, 0.2) is 5.75 Å². The third-order valence-electron chi connectivity index (χ3n) is 2.63. The van der Waals surface area contributed by atoms with Crippen LogP contribution >= 0.6 is 15.9 Å². The van der Waals surface area contributed by atoms with Gasteiger partial charge < -0.3 is 4.74 Å². The van der Waals surface area contributed by atoms with E-state index in [0.717, 1.165) is 5.56 Å². The number of hydrogen-bond donors (Lipinski definition) is 0. The average molecular weight is 322 g/mol. The molecule has 0 amide bonds. The van der Waals surface area contributed by atoms with Gasteiger partial charge in [0.1, 0.15) is 6.61 Å². The molecule has 0 aliphatic rings. The van der Waals surface area contributed by atoms with Gasteiger partial charge in [0.25, 0.3) is 0 Å². The lowest BCUT2D eigenvalue weighted by Gasteiger charge is -2.07. The summed E-state index contributed by atoms with van der Waals surface area (Å²) in [7, 11) is 0. The second kappa shape index (κ2) is 5.84. The highest BCUT2D eigenvalue weighted by molar-refractivity contribution is 9.10. The first-order valence-electron chi connectivity index (χ1n) is 5.68. The van der Waals surface area contributed by atoms with Gasteiger partial charge in [-0.15, -0.1) is 0 Å². The van der Waals surface area contributed by atoms with Gasteiger partial charge in [0.05, 0.1) is 4.92 Å². The molecular weight excluding hydrogens is 310 g/mol. The van der Waals surface area contributed by atoms with Gasteiger partial charge in [-0.2, -0.15) is 0 Å². The van der Waals surface area contributed by atoms with Crippen molar-refractivity contribution in [2.75, 3.05) is 0 Å². The van der Waals surface area contributed by atoms with Gasteiger partial charge in [0.2, 0.25) is 0 Å². The van der Waals surface area contributed by atoms with E-state index in [1.165, 1.54) is 11.6 Å². The second-order valence-corrected chi connectivity index (χ2v) is 5.06. The van der Waals surface area contributed by atoms with Crippen LogP contribution in [-0.2, 0) is 6.61 Å². The Kier molecular flexibility index (Phi) is 4.16. The van der Waals surface area contributed by atoms with Gasteiger partial charge in [0, 0.05) is 10.5 Å². The minimum Gasteiger partial charge on any atom is -0.482 e. The minimum atomic E-state index is -0.449.